The van der Waals surface area contributed by atoms with E-state index in [2.05, 4.69) is 9.88 Å². The largest absolute Gasteiger partial charge is 0.306 e. The molecule has 3 aromatic rings. The van der Waals surface area contributed by atoms with E-state index in [1.807, 2.05) is 42.5 Å². The molecular formula is C20H17Cl2N3O. The minimum atomic E-state index is -0.0623. The molecule has 1 aliphatic heterocycles. The van der Waals surface area contributed by atoms with Gasteiger partial charge in [-0.3, -0.25) is 9.69 Å². The molecule has 1 aromatic heterocycles. The predicted molar refractivity (Wildman–Crippen MR) is 105 cm³/mol. The van der Waals surface area contributed by atoms with Crippen molar-refractivity contribution in [3.8, 4) is 11.4 Å². The summed E-state index contributed by atoms with van der Waals surface area (Å²) in [7, 11) is 0. The van der Waals surface area contributed by atoms with Crippen LogP contribution in [0.2, 0.25) is 10.0 Å². The summed E-state index contributed by atoms with van der Waals surface area (Å²) in [5, 5.41) is 1.10. The van der Waals surface area contributed by atoms with E-state index in [0.717, 1.165) is 41.9 Å². The standard InChI is InChI=1S/C20H17Cl2N3O/c21-16-7-6-13(10-17(16)22)11-25-9-8-18-15(12-25)20(26)24-19(23-18)14-4-2-1-3-5-14/h1-7,10H,8-9,11-12H2,(H,23,24,26). The van der Waals surface area contributed by atoms with Gasteiger partial charge in [0.15, 0.2) is 0 Å². The van der Waals surface area contributed by atoms with Crippen molar-refractivity contribution in [1.29, 1.82) is 0 Å². The fourth-order valence-corrected chi connectivity index (χ4v) is 3.57. The third-order valence-electron chi connectivity index (χ3n) is 4.59. The average Bonchev–Trinajstić information content (AvgIpc) is 2.66. The molecule has 0 aliphatic carbocycles. The Morgan fingerprint density at radius 1 is 1.08 bits per heavy atom. The van der Waals surface area contributed by atoms with Crippen molar-refractivity contribution in [3.63, 3.8) is 0 Å². The Kier molecular flexibility index (Phi) is 4.81. The summed E-state index contributed by atoms with van der Waals surface area (Å²) in [6.07, 6.45) is 0.750. The Balaban J connectivity index is 1.57. The third-order valence-corrected chi connectivity index (χ3v) is 5.32. The predicted octanol–water partition coefficient (Wildman–Crippen LogP) is 4.30. The molecule has 2 aromatic carbocycles. The summed E-state index contributed by atoms with van der Waals surface area (Å²) in [5.74, 6) is 0.632. The van der Waals surface area contributed by atoms with Crippen LogP contribution < -0.4 is 5.56 Å². The second-order valence-corrected chi connectivity index (χ2v) is 7.23. The molecule has 132 valence electrons. The van der Waals surface area contributed by atoms with Crippen LogP contribution in [0.15, 0.2) is 53.3 Å². The maximum absolute atomic E-state index is 12.6. The molecule has 1 N–H and O–H groups in total. The van der Waals surface area contributed by atoms with Crippen molar-refractivity contribution in [3.05, 3.63) is 85.8 Å². The number of fused-ring (bicyclic) bond motifs is 1. The SMILES string of the molecule is O=c1[nH]c(-c2ccccc2)nc2c1CN(Cc1ccc(Cl)c(Cl)c1)CC2. The van der Waals surface area contributed by atoms with Crippen LogP contribution in [0.25, 0.3) is 11.4 Å². The molecular weight excluding hydrogens is 369 g/mol. The van der Waals surface area contributed by atoms with Gasteiger partial charge in [0.25, 0.3) is 5.56 Å². The topological polar surface area (TPSA) is 49.0 Å². The summed E-state index contributed by atoms with van der Waals surface area (Å²) in [4.78, 5) is 22.4. The molecule has 4 nitrogen and oxygen atoms in total. The molecule has 0 saturated carbocycles. The van der Waals surface area contributed by atoms with E-state index in [1.165, 1.54) is 0 Å². The summed E-state index contributed by atoms with van der Waals surface area (Å²) in [5.41, 5.74) is 3.57. The Bertz CT molecular complexity index is 1000. The number of hydrogen-bond donors (Lipinski definition) is 1. The summed E-state index contributed by atoms with van der Waals surface area (Å²) >= 11 is 12.1. The number of nitrogens with zero attached hydrogens (tertiary/aromatic N) is 2. The number of aromatic amines is 1. The number of rotatable bonds is 3. The van der Waals surface area contributed by atoms with E-state index >= 15 is 0 Å². The van der Waals surface area contributed by atoms with Gasteiger partial charge in [0.2, 0.25) is 0 Å². The van der Waals surface area contributed by atoms with Gasteiger partial charge < -0.3 is 4.98 Å². The van der Waals surface area contributed by atoms with Gasteiger partial charge in [-0.2, -0.15) is 0 Å². The minimum Gasteiger partial charge on any atom is -0.306 e. The van der Waals surface area contributed by atoms with E-state index in [1.54, 1.807) is 6.07 Å². The fourth-order valence-electron chi connectivity index (χ4n) is 3.24. The van der Waals surface area contributed by atoms with Gasteiger partial charge in [-0.15, -0.1) is 0 Å². The lowest BCUT2D eigenvalue weighted by Gasteiger charge is -2.27. The van der Waals surface area contributed by atoms with E-state index in [-0.39, 0.29) is 5.56 Å². The first-order valence-corrected chi connectivity index (χ1v) is 9.19. The summed E-state index contributed by atoms with van der Waals surface area (Å²) in [6, 6.07) is 15.4. The third kappa shape index (κ3) is 3.54. The van der Waals surface area contributed by atoms with Crippen molar-refractivity contribution in [2.75, 3.05) is 6.54 Å². The van der Waals surface area contributed by atoms with Crippen LogP contribution >= 0.6 is 23.2 Å². The van der Waals surface area contributed by atoms with Gasteiger partial charge in [0.1, 0.15) is 5.82 Å². The second-order valence-electron chi connectivity index (χ2n) is 6.41. The van der Waals surface area contributed by atoms with Gasteiger partial charge >= 0.3 is 0 Å². The molecule has 2 heterocycles. The summed E-state index contributed by atoms with van der Waals surface area (Å²) < 4.78 is 0. The Labute approximate surface area is 161 Å². The quantitative estimate of drug-likeness (QED) is 0.730. The smallest absolute Gasteiger partial charge is 0.255 e. The van der Waals surface area contributed by atoms with Crippen LogP contribution in [0.4, 0.5) is 0 Å². The van der Waals surface area contributed by atoms with Gasteiger partial charge in [-0.25, -0.2) is 4.98 Å². The highest BCUT2D eigenvalue weighted by atomic mass is 35.5. The highest BCUT2D eigenvalue weighted by molar-refractivity contribution is 6.42. The molecule has 1 aliphatic rings. The van der Waals surface area contributed by atoms with Crippen molar-refractivity contribution in [1.82, 2.24) is 14.9 Å². The average molecular weight is 386 g/mol. The molecule has 0 amide bonds. The number of benzene rings is 2. The number of aromatic nitrogens is 2. The first-order valence-electron chi connectivity index (χ1n) is 8.44. The molecule has 0 bridgehead atoms. The van der Waals surface area contributed by atoms with Gasteiger partial charge in [-0.1, -0.05) is 59.6 Å². The van der Waals surface area contributed by atoms with Crippen LogP contribution in [0.5, 0.6) is 0 Å². The zero-order chi connectivity index (χ0) is 18.1. The maximum Gasteiger partial charge on any atom is 0.255 e. The number of H-pyrrole nitrogens is 1. The molecule has 26 heavy (non-hydrogen) atoms. The van der Waals surface area contributed by atoms with Gasteiger partial charge in [0, 0.05) is 31.6 Å². The second kappa shape index (κ2) is 7.23. The van der Waals surface area contributed by atoms with Crippen molar-refractivity contribution in [2.45, 2.75) is 19.5 Å². The highest BCUT2D eigenvalue weighted by Gasteiger charge is 2.21. The number of halogens is 2. The molecule has 0 spiro atoms. The van der Waals surface area contributed by atoms with Crippen LogP contribution in [-0.2, 0) is 19.5 Å². The highest BCUT2D eigenvalue weighted by Crippen LogP contribution is 2.25. The van der Waals surface area contributed by atoms with Crippen LogP contribution in [0.3, 0.4) is 0 Å². The first kappa shape index (κ1) is 17.3. The minimum absolute atomic E-state index is 0.0623. The molecule has 6 heteroatoms. The zero-order valence-corrected chi connectivity index (χ0v) is 15.5. The number of nitrogens with one attached hydrogen (secondary N) is 1. The molecule has 0 saturated heterocycles. The Morgan fingerprint density at radius 3 is 2.65 bits per heavy atom. The molecule has 0 atom stereocenters. The van der Waals surface area contributed by atoms with E-state index in [4.69, 9.17) is 28.2 Å². The van der Waals surface area contributed by atoms with Crippen molar-refractivity contribution in [2.24, 2.45) is 0 Å². The number of hydrogen-bond acceptors (Lipinski definition) is 3. The lowest BCUT2D eigenvalue weighted by molar-refractivity contribution is 0.242. The van der Waals surface area contributed by atoms with Crippen LogP contribution in [0, 0.1) is 0 Å². The summed E-state index contributed by atoms with van der Waals surface area (Å²) in [6.45, 7) is 2.14. The maximum atomic E-state index is 12.6. The van der Waals surface area contributed by atoms with E-state index < -0.39 is 0 Å². The van der Waals surface area contributed by atoms with Crippen LogP contribution in [-0.4, -0.2) is 21.4 Å². The fraction of sp³-hybridized carbons (Fsp3) is 0.200. The molecule has 4 rings (SSSR count). The Hall–Kier alpha value is -2.14. The zero-order valence-electron chi connectivity index (χ0n) is 14.0. The lowest BCUT2D eigenvalue weighted by atomic mass is 10.1. The Morgan fingerprint density at radius 2 is 1.88 bits per heavy atom. The van der Waals surface area contributed by atoms with Gasteiger partial charge in [-0.05, 0) is 17.7 Å². The lowest BCUT2D eigenvalue weighted by Crippen LogP contribution is -2.35. The first-order chi connectivity index (χ1) is 12.6. The van der Waals surface area contributed by atoms with Crippen LogP contribution in [0.1, 0.15) is 16.8 Å². The molecule has 0 radical (unpaired) electrons. The van der Waals surface area contributed by atoms with E-state index in [9.17, 15) is 4.79 Å². The normalized spacial score (nSPS) is 14.2. The molecule has 0 fully saturated rings. The molecule has 0 unspecified atom stereocenters. The van der Waals surface area contributed by atoms with Gasteiger partial charge in [0.05, 0.1) is 21.3 Å². The van der Waals surface area contributed by atoms with Crippen molar-refractivity contribution < 1.29 is 0 Å². The monoisotopic (exact) mass is 385 g/mol. The van der Waals surface area contributed by atoms with Crippen molar-refractivity contribution >= 4 is 23.2 Å². The van der Waals surface area contributed by atoms with E-state index in [0.29, 0.717) is 22.4 Å².